The zero-order chi connectivity index (χ0) is 12.1. The molecule has 0 atom stereocenters. The van der Waals surface area contributed by atoms with Crippen LogP contribution < -0.4 is 0 Å². The molecule has 6 nitrogen and oxygen atoms in total. The van der Waals surface area contributed by atoms with Crippen LogP contribution in [0.1, 0.15) is 0 Å². The molecule has 1 rings (SSSR count). The highest BCUT2D eigenvalue weighted by molar-refractivity contribution is 6.82. The van der Waals surface area contributed by atoms with Crippen LogP contribution in [0.3, 0.4) is 0 Å². The first-order valence-corrected chi connectivity index (χ1v) is 15.4. The van der Waals surface area contributed by atoms with E-state index < -0.39 is 57.1 Å². The minimum Gasteiger partial charge on any atom is -0.425 e. The molecule has 1 heterocycles. The Kier molecular flexibility index (Phi) is 6.47. The molecule has 12 heteroatoms. The fraction of sp³-hybridized carbons (Fsp3) is 1.00. The highest BCUT2D eigenvalue weighted by Crippen LogP contribution is 2.16. The van der Waals surface area contributed by atoms with Crippen molar-refractivity contribution in [2.75, 3.05) is 0 Å². The molecule has 1 aliphatic rings. The van der Waals surface area contributed by atoms with Gasteiger partial charge in [-0.15, -0.1) is 0 Å². The van der Waals surface area contributed by atoms with Crippen LogP contribution in [0.25, 0.3) is 0 Å². The van der Waals surface area contributed by atoms with Crippen molar-refractivity contribution in [1.82, 2.24) is 0 Å². The molecule has 0 saturated carbocycles. The van der Waals surface area contributed by atoms with Crippen molar-refractivity contribution < 1.29 is 24.7 Å². The van der Waals surface area contributed by atoms with Gasteiger partial charge in [0.15, 0.2) is 0 Å². The first-order valence-electron chi connectivity index (χ1n) is 5.13. The lowest BCUT2D eigenvalue weighted by Crippen LogP contribution is -2.50. The van der Waals surface area contributed by atoms with Gasteiger partial charge >= 0.3 is 17.1 Å². The summed E-state index contributed by atoms with van der Waals surface area (Å²) in [5.74, 6) is 0. The van der Waals surface area contributed by atoms with E-state index in [0.717, 1.165) is 0 Å². The Morgan fingerprint density at radius 3 is 1.44 bits per heavy atom. The standard InChI is InChI=1S/C4H20O6Si6/c1-15(2)8-13-6-11-5-12-7-14-9-16(3,4)10-15/h11-14H2,1-4H3. The second-order valence-electron chi connectivity index (χ2n) is 4.27. The molecule has 0 amide bonds. The maximum atomic E-state index is 6.03. The number of hydrogen-bond donors (Lipinski definition) is 0. The molecule has 0 aromatic rings. The SMILES string of the molecule is C[Si]1(C)O[SiH2]O[SiH2]O[SiH2]O[SiH2]O[Si](C)(C)O1. The van der Waals surface area contributed by atoms with E-state index in [4.69, 9.17) is 24.7 Å². The van der Waals surface area contributed by atoms with Crippen molar-refractivity contribution in [3.63, 3.8) is 0 Å². The molecule has 0 aromatic heterocycles. The molecular formula is C4H20O6Si6. The number of hydrogen-bond acceptors (Lipinski definition) is 6. The molecule has 0 N–H and O–H groups in total. The van der Waals surface area contributed by atoms with Crippen molar-refractivity contribution in [2.24, 2.45) is 0 Å². The lowest BCUT2D eigenvalue weighted by Gasteiger charge is -2.33. The molecule has 16 heavy (non-hydrogen) atoms. The molecule has 0 unspecified atom stereocenters. The normalized spacial score (nSPS) is 33.8. The molecule has 1 saturated heterocycles. The lowest BCUT2D eigenvalue weighted by atomic mass is 11.9. The zero-order valence-electron chi connectivity index (χ0n) is 10.3. The smallest absolute Gasteiger partial charge is 0.313 e. The molecule has 96 valence electrons. The molecule has 1 fully saturated rings. The van der Waals surface area contributed by atoms with E-state index in [-0.39, 0.29) is 0 Å². The highest BCUT2D eigenvalue weighted by atomic mass is 28.5. The van der Waals surface area contributed by atoms with Crippen LogP contribution >= 0.6 is 0 Å². The summed E-state index contributed by atoms with van der Waals surface area (Å²) >= 11 is 0. The summed E-state index contributed by atoms with van der Waals surface area (Å²) in [6, 6.07) is 0. The second kappa shape index (κ2) is 6.85. The molecule has 0 aromatic carbocycles. The van der Waals surface area contributed by atoms with E-state index in [1.54, 1.807) is 0 Å². The first kappa shape index (κ1) is 15.1. The van der Waals surface area contributed by atoms with Crippen LogP contribution in [0, 0.1) is 0 Å². The monoisotopic (exact) mass is 332 g/mol. The van der Waals surface area contributed by atoms with E-state index in [1.165, 1.54) is 0 Å². The van der Waals surface area contributed by atoms with Gasteiger partial charge in [-0.1, -0.05) is 0 Å². The van der Waals surface area contributed by atoms with Crippen LogP contribution in [0.2, 0.25) is 26.2 Å². The average Bonchev–Trinajstić information content (AvgIpc) is 2.11. The van der Waals surface area contributed by atoms with Crippen LogP contribution in [0.15, 0.2) is 0 Å². The second-order valence-corrected chi connectivity index (χ2v) is 18.8. The molecule has 0 bridgehead atoms. The van der Waals surface area contributed by atoms with Crippen molar-refractivity contribution in [3.05, 3.63) is 0 Å². The first-order chi connectivity index (χ1) is 7.41. The Balaban J connectivity index is 2.50. The molecule has 0 aliphatic carbocycles. The van der Waals surface area contributed by atoms with Gasteiger partial charge in [-0.05, 0) is 26.2 Å². The Morgan fingerprint density at radius 2 is 1.00 bits per heavy atom. The minimum atomic E-state index is -2.08. The summed E-state index contributed by atoms with van der Waals surface area (Å²) < 4.78 is 33.8. The third kappa shape index (κ3) is 6.71. The van der Waals surface area contributed by atoms with Gasteiger partial charge in [0.25, 0.3) is 40.0 Å². The van der Waals surface area contributed by atoms with Gasteiger partial charge in [0.05, 0.1) is 0 Å². The Labute approximate surface area is 108 Å². The molecular weight excluding hydrogens is 313 g/mol. The third-order valence-corrected chi connectivity index (χ3v) is 16.2. The van der Waals surface area contributed by atoms with E-state index in [9.17, 15) is 0 Å². The largest absolute Gasteiger partial charge is 0.425 e. The van der Waals surface area contributed by atoms with Crippen molar-refractivity contribution in [2.45, 2.75) is 26.2 Å². The summed E-state index contributed by atoms with van der Waals surface area (Å²) in [4.78, 5) is 0. The summed E-state index contributed by atoms with van der Waals surface area (Å²) in [5, 5.41) is 0. The highest BCUT2D eigenvalue weighted by Gasteiger charge is 2.36. The minimum absolute atomic E-state index is 0.871. The zero-order valence-corrected chi connectivity index (χ0v) is 17.9. The Bertz CT molecular complexity index is 193. The van der Waals surface area contributed by atoms with Gasteiger partial charge in [0, 0.05) is 0 Å². The average molecular weight is 333 g/mol. The lowest BCUT2D eigenvalue weighted by molar-refractivity contribution is 0.299. The summed E-state index contributed by atoms with van der Waals surface area (Å²) in [6.45, 7) is 8.14. The fourth-order valence-electron chi connectivity index (χ4n) is 1.24. The van der Waals surface area contributed by atoms with Gasteiger partial charge in [0.1, 0.15) is 0 Å². The van der Waals surface area contributed by atoms with Crippen LogP contribution in [0.5, 0.6) is 0 Å². The van der Waals surface area contributed by atoms with E-state index in [0.29, 0.717) is 0 Å². The summed E-state index contributed by atoms with van der Waals surface area (Å²) in [7, 11) is -7.81. The maximum Gasteiger partial charge on any atom is 0.313 e. The molecule has 1 aliphatic heterocycles. The van der Waals surface area contributed by atoms with Crippen LogP contribution in [-0.4, -0.2) is 57.1 Å². The van der Waals surface area contributed by atoms with Crippen molar-refractivity contribution in [1.29, 1.82) is 0 Å². The summed E-state index contributed by atoms with van der Waals surface area (Å²) in [5.41, 5.74) is 0. The molecule has 0 radical (unpaired) electrons. The topological polar surface area (TPSA) is 55.4 Å². The van der Waals surface area contributed by atoms with Gasteiger partial charge in [0.2, 0.25) is 0 Å². The van der Waals surface area contributed by atoms with Crippen LogP contribution in [-0.2, 0) is 24.7 Å². The van der Waals surface area contributed by atoms with E-state index in [1.807, 2.05) is 26.2 Å². The quantitative estimate of drug-likeness (QED) is 0.457. The van der Waals surface area contributed by atoms with Gasteiger partial charge in [-0.2, -0.15) is 0 Å². The predicted octanol–water partition coefficient (Wildman–Crippen LogP) is -2.50. The molecule has 0 spiro atoms. The van der Waals surface area contributed by atoms with Crippen molar-refractivity contribution in [3.8, 4) is 0 Å². The fourth-order valence-corrected chi connectivity index (χ4v) is 15.8. The third-order valence-electron chi connectivity index (χ3n) is 1.80. The maximum absolute atomic E-state index is 6.03. The van der Waals surface area contributed by atoms with Crippen LogP contribution in [0.4, 0.5) is 0 Å². The summed E-state index contributed by atoms with van der Waals surface area (Å²) in [6.07, 6.45) is 0. The van der Waals surface area contributed by atoms with Gasteiger partial charge in [-0.3, -0.25) is 0 Å². The van der Waals surface area contributed by atoms with E-state index >= 15 is 0 Å². The van der Waals surface area contributed by atoms with Crippen molar-refractivity contribution >= 4 is 57.1 Å². The van der Waals surface area contributed by atoms with Gasteiger partial charge in [-0.25, -0.2) is 0 Å². The van der Waals surface area contributed by atoms with E-state index in [2.05, 4.69) is 0 Å². The Morgan fingerprint density at radius 1 is 0.625 bits per heavy atom. The van der Waals surface area contributed by atoms with Gasteiger partial charge < -0.3 is 24.7 Å². The Hall–Kier alpha value is 1.06. The predicted molar refractivity (Wildman–Crippen MR) is 75.7 cm³/mol. The number of rotatable bonds is 0.